The Kier molecular flexibility index (Phi) is 3.57. The number of fused-ring (bicyclic) bond motifs is 1. The second-order valence-corrected chi connectivity index (χ2v) is 5.15. The fourth-order valence-electron chi connectivity index (χ4n) is 2.73. The van der Waals surface area contributed by atoms with Gasteiger partial charge in [-0.25, -0.2) is 0 Å². The molecule has 0 bridgehead atoms. The first-order valence-electron chi connectivity index (χ1n) is 6.98. The van der Waals surface area contributed by atoms with Gasteiger partial charge in [-0.15, -0.1) is 0 Å². The normalized spacial score (nSPS) is 10.8. The van der Waals surface area contributed by atoms with Gasteiger partial charge in [-0.2, -0.15) is 0 Å². The van der Waals surface area contributed by atoms with Gasteiger partial charge in [0.2, 0.25) is 0 Å². The first kappa shape index (κ1) is 13.6. The molecular weight excluding hydrogens is 262 g/mol. The Bertz CT molecular complexity index is 774. The monoisotopic (exact) mass is 281 g/mol. The number of aromatic nitrogens is 1. The van der Waals surface area contributed by atoms with E-state index in [0.717, 1.165) is 28.9 Å². The largest absolute Gasteiger partial charge is 0.496 e. The summed E-state index contributed by atoms with van der Waals surface area (Å²) >= 11 is 0. The maximum Gasteiger partial charge on any atom is 0.128 e. The number of rotatable bonds is 4. The molecule has 21 heavy (non-hydrogen) atoms. The van der Waals surface area contributed by atoms with Crippen molar-refractivity contribution in [3.8, 4) is 11.5 Å². The van der Waals surface area contributed by atoms with Crippen LogP contribution in [0, 0.1) is 6.92 Å². The lowest BCUT2D eigenvalue weighted by Crippen LogP contribution is -2.01. The van der Waals surface area contributed by atoms with E-state index in [0.29, 0.717) is 0 Å². The summed E-state index contributed by atoms with van der Waals surface area (Å²) in [6, 6.07) is 14.5. The van der Waals surface area contributed by atoms with E-state index in [9.17, 15) is 0 Å². The zero-order valence-electron chi connectivity index (χ0n) is 12.6. The van der Waals surface area contributed by atoms with Crippen LogP contribution in [0.25, 0.3) is 10.9 Å². The van der Waals surface area contributed by atoms with Crippen molar-refractivity contribution in [2.45, 2.75) is 13.5 Å². The predicted octanol–water partition coefficient (Wildman–Crippen LogP) is 4.02. The second-order valence-electron chi connectivity index (χ2n) is 5.15. The molecule has 3 rings (SSSR count). The molecule has 3 aromatic rings. The molecule has 0 spiro atoms. The Morgan fingerprint density at radius 1 is 0.952 bits per heavy atom. The second kappa shape index (κ2) is 5.52. The first-order valence-corrected chi connectivity index (χ1v) is 6.98. The van der Waals surface area contributed by atoms with Crippen LogP contribution in [0.4, 0.5) is 0 Å². The molecule has 0 saturated heterocycles. The minimum Gasteiger partial charge on any atom is -0.496 e. The average molecular weight is 281 g/mol. The smallest absolute Gasteiger partial charge is 0.128 e. The fourth-order valence-corrected chi connectivity index (χ4v) is 2.73. The predicted molar refractivity (Wildman–Crippen MR) is 85.3 cm³/mol. The summed E-state index contributed by atoms with van der Waals surface area (Å²) in [5.41, 5.74) is 3.58. The van der Waals surface area contributed by atoms with E-state index >= 15 is 0 Å². The molecule has 3 heteroatoms. The SMILES string of the molecule is COc1ccc(C)cc1Cn1ccc2c(OC)cccc21. The van der Waals surface area contributed by atoms with Crippen molar-refractivity contribution in [2.24, 2.45) is 0 Å². The lowest BCUT2D eigenvalue weighted by atomic mass is 10.1. The molecule has 0 aliphatic carbocycles. The van der Waals surface area contributed by atoms with E-state index in [1.165, 1.54) is 11.1 Å². The zero-order chi connectivity index (χ0) is 14.8. The van der Waals surface area contributed by atoms with Crippen molar-refractivity contribution in [1.82, 2.24) is 4.57 Å². The summed E-state index contributed by atoms with van der Waals surface area (Å²) in [6.45, 7) is 2.88. The molecule has 1 aromatic heterocycles. The van der Waals surface area contributed by atoms with Crippen molar-refractivity contribution >= 4 is 10.9 Å². The topological polar surface area (TPSA) is 23.4 Å². The third-order valence-electron chi connectivity index (χ3n) is 3.77. The van der Waals surface area contributed by atoms with E-state index in [1.54, 1.807) is 14.2 Å². The number of ether oxygens (including phenoxy) is 2. The van der Waals surface area contributed by atoms with Crippen molar-refractivity contribution in [1.29, 1.82) is 0 Å². The highest BCUT2D eigenvalue weighted by molar-refractivity contribution is 5.86. The summed E-state index contributed by atoms with van der Waals surface area (Å²) in [5, 5.41) is 1.13. The van der Waals surface area contributed by atoms with Crippen molar-refractivity contribution in [3.63, 3.8) is 0 Å². The number of aryl methyl sites for hydroxylation is 1. The van der Waals surface area contributed by atoms with E-state index in [2.05, 4.69) is 42.0 Å². The number of benzene rings is 2. The third-order valence-corrected chi connectivity index (χ3v) is 3.77. The highest BCUT2D eigenvalue weighted by Gasteiger charge is 2.09. The van der Waals surface area contributed by atoms with Crippen LogP contribution >= 0.6 is 0 Å². The lowest BCUT2D eigenvalue weighted by Gasteiger charge is -2.12. The van der Waals surface area contributed by atoms with E-state index < -0.39 is 0 Å². The van der Waals surface area contributed by atoms with Gasteiger partial charge in [0.15, 0.2) is 0 Å². The average Bonchev–Trinajstić information content (AvgIpc) is 2.91. The van der Waals surface area contributed by atoms with Gasteiger partial charge in [0.25, 0.3) is 0 Å². The highest BCUT2D eigenvalue weighted by Crippen LogP contribution is 2.28. The van der Waals surface area contributed by atoms with Crippen molar-refractivity contribution in [3.05, 3.63) is 59.8 Å². The minimum absolute atomic E-state index is 0.779. The molecule has 0 amide bonds. The maximum atomic E-state index is 5.47. The summed E-state index contributed by atoms with van der Waals surface area (Å²) < 4.78 is 13.1. The van der Waals surface area contributed by atoms with E-state index in [4.69, 9.17) is 9.47 Å². The molecule has 0 radical (unpaired) electrons. The van der Waals surface area contributed by atoms with Crippen LogP contribution in [-0.4, -0.2) is 18.8 Å². The van der Waals surface area contributed by atoms with Crippen molar-refractivity contribution in [2.75, 3.05) is 14.2 Å². The molecule has 0 unspecified atom stereocenters. The molecular formula is C18H19NO2. The standard InChI is InChI=1S/C18H19NO2/c1-13-7-8-17(20-2)14(11-13)12-19-10-9-15-16(19)5-4-6-18(15)21-3/h4-11H,12H2,1-3H3. The summed E-state index contributed by atoms with van der Waals surface area (Å²) in [4.78, 5) is 0. The molecule has 0 fully saturated rings. The van der Waals surface area contributed by atoms with Gasteiger partial charge in [-0.1, -0.05) is 23.8 Å². The van der Waals surface area contributed by atoms with Gasteiger partial charge in [-0.05, 0) is 31.2 Å². The number of methoxy groups -OCH3 is 2. The molecule has 3 nitrogen and oxygen atoms in total. The van der Waals surface area contributed by atoms with Gasteiger partial charge >= 0.3 is 0 Å². The van der Waals surface area contributed by atoms with Crippen LogP contribution < -0.4 is 9.47 Å². The maximum absolute atomic E-state index is 5.47. The zero-order valence-corrected chi connectivity index (χ0v) is 12.6. The molecule has 0 aliphatic rings. The Hall–Kier alpha value is -2.42. The number of nitrogens with zero attached hydrogens (tertiary/aromatic N) is 1. The van der Waals surface area contributed by atoms with E-state index in [1.807, 2.05) is 18.2 Å². The van der Waals surface area contributed by atoms with Gasteiger partial charge in [0.05, 0.1) is 26.3 Å². The first-order chi connectivity index (χ1) is 10.2. The quantitative estimate of drug-likeness (QED) is 0.721. The Morgan fingerprint density at radius 3 is 2.52 bits per heavy atom. The molecule has 0 atom stereocenters. The van der Waals surface area contributed by atoms with Gasteiger partial charge in [0, 0.05) is 17.1 Å². The molecule has 108 valence electrons. The molecule has 0 saturated carbocycles. The van der Waals surface area contributed by atoms with Crippen LogP contribution in [0.1, 0.15) is 11.1 Å². The van der Waals surface area contributed by atoms with Gasteiger partial charge in [0.1, 0.15) is 11.5 Å². The third kappa shape index (κ3) is 2.47. The molecule has 1 heterocycles. The Morgan fingerprint density at radius 2 is 1.76 bits per heavy atom. The number of hydrogen-bond donors (Lipinski definition) is 0. The summed E-state index contributed by atoms with van der Waals surface area (Å²) in [5.74, 6) is 1.83. The van der Waals surface area contributed by atoms with Crippen molar-refractivity contribution < 1.29 is 9.47 Å². The van der Waals surface area contributed by atoms with Crippen LogP contribution in [0.3, 0.4) is 0 Å². The molecule has 0 N–H and O–H groups in total. The van der Waals surface area contributed by atoms with Crippen LogP contribution in [0.2, 0.25) is 0 Å². The highest BCUT2D eigenvalue weighted by atomic mass is 16.5. The summed E-state index contributed by atoms with van der Waals surface area (Å²) in [6.07, 6.45) is 2.09. The van der Waals surface area contributed by atoms with Crippen LogP contribution in [0.5, 0.6) is 11.5 Å². The number of hydrogen-bond acceptors (Lipinski definition) is 2. The van der Waals surface area contributed by atoms with E-state index in [-0.39, 0.29) is 0 Å². The Labute approximate surface area is 124 Å². The summed E-state index contributed by atoms with van der Waals surface area (Å²) in [7, 11) is 3.42. The molecule has 0 aliphatic heterocycles. The van der Waals surface area contributed by atoms with Gasteiger partial charge < -0.3 is 14.0 Å². The van der Waals surface area contributed by atoms with Crippen LogP contribution in [-0.2, 0) is 6.54 Å². The van der Waals surface area contributed by atoms with Crippen LogP contribution in [0.15, 0.2) is 48.7 Å². The fraction of sp³-hybridized carbons (Fsp3) is 0.222. The van der Waals surface area contributed by atoms with Gasteiger partial charge in [-0.3, -0.25) is 0 Å². The lowest BCUT2D eigenvalue weighted by molar-refractivity contribution is 0.408. The minimum atomic E-state index is 0.779. The Balaban J connectivity index is 2.05. The molecule has 2 aromatic carbocycles.